The molecular weight excluding hydrogens is 208 g/mol. The molecule has 0 aromatic heterocycles. The molecule has 4 nitrogen and oxygen atoms in total. The number of aliphatic hydroxyl groups excluding tert-OH is 1. The van der Waals surface area contributed by atoms with Crippen LogP contribution in [0.2, 0.25) is 0 Å². The van der Waals surface area contributed by atoms with E-state index < -0.39 is 6.10 Å². The third-order valence-electron chi connectivity index (χ3n) is 1.92. The predicted molar refractivity (Wildman–Crippen MR) is 60.7 cm³/mol. The number of phenols is 1. The first-order valence-electron chi connectivity index (χ1n) is 5.40. The van der Waals surface area contributed by atoms with Gasteiger partial charge in [0.2, 0.25) is 0 Å². The van der Waals surface area contributed by atoms with Gasteiger partial charge in [-0.05, 0) is 18.6 Å². The Kier molecular flexibility index (Phi) is 5.67. The van der Waals surface area contributed by atoms with Crippen molar-refractivity contribution >= 4 is 0 Å². The van der Waals surface area contributed by atoms with Crippen molar-refractivity contribution in [2.24, 2.45) is 0 Å². The van der Waals surface area contributed by atoms with Gasteiger partial charge in [0.15, 0.2) is 0 Å². The fourth-order valence-electron chi connectivity index (χ4n) is 1.18. The van der Waals surface area contributed by atoms with Crippen LogP contribution >= 0.6 is 0 Å². The fraction of sp³-hybridized carbons (Fsp3) is 0.500. The highest BCUT2D eigenvalue weighted by Gasteiger charge is 2.05. The Bertz CT molecular complexity index is 301. The van der Waals surface area contributed by atoms with Gasteiger partial charge in [-0.3, -0.25) is 0 Å². The Balaban J connectivity index is 2.23. The number of aliphatic hydroxyl groups is 1. The molecule has 0 fully saturated rings. The Morgan fingerprint density at radius 2 is 2.12 bits per heavy atom. The van der Waals surface area contributed by atoms with E-state index in [0.717, 1.165) is 6.42 Å². The molecule has 1 atom stereocenters. The van der Waals surface area contributed by atoms with Gasteiger partial charge in [-0.15, -0.1) is 0 Å². The molecule has 0 spiro atoms. The lowest BCUT2D eigenvalue weighted by Gasteiger charge is -2.12. The lowest BCUT2D eigenvalue weighted by atomic mass is 10.3. The molecule has 0 aliphatic heterocycles. The average Bonchev–Trinajstić information content (AvgIpc) is 2.27. The third kappa shape index (κ3) is 5.00. The van der Waals surface area contributed by atoms with Gasteiger partial charge in [-0.2, -0.15) is 0 Å². The molecule has 0 saturated heterocycles. The number of phenolic OH excluding ortho intramolecular Hbond substituents is 1. The standard InChI is InChI=1S/C12H18O4/c1-2-6-15-8-11(14)9-16-12-5-3-4-10(13)7-12/h3-5,7,11,13-14H,2,6,8-9H2,1H3. The quantitative estimate of drug-likeness (QED) is 0.693. The maximum atomic E-state index is 9.49. The minimum atomic E-state index is -0.645. The molecule has 0 amide bonds. The van der Waals surface area contributed by atoms with Crippen molar-refractivity contribution in [2.45, 2.75) is 19.4 Å². The lowest BCUT2D eigenvalue weighted by molar-refractivity contribution is 0.0123. The van der Waals surface area contributed by atoms with Gasteiger partial charge in [0.1, 0.15) is 24.2 Å². The number of benzene rings is 1. The van der Waals surface area contributed by atoms with Gasteiger partial charge >= 0.3 is 0 Å². The summed E-state index contributed by atoms with van der Waals surface area (Å²) in [6.45, 7) is 3.08. The Hall–Kier alpha value is -1.26. The molecule has 2 N–H and O–H groups in total. The van der Waals surface area contributed by atoms with Crippen LogP contribution in [0.3, 0.4) is 0 Å². The summed E-state index contributed by atoms with van der Waals surface area (Å²) in [5.74, 6) is 0.684. The summed E-state index contributed by atoms with van der Waals surface area (Å²) in [7, 11) is 0. The molecule has 4 heteroatoms. The molecule has 1 aromatic carbocycles. The van der Waals surface area contributed by atoms with Gasteiger partial charge in [-0.25, -0.2) is 0 Å². The molecule has 0 bridgehead atoms. The van der Waals surface area contributed by atoms with Crippen LogP contribution in [0.1, 0.15) is 13.3 Å². The first-order valence-corrected chi connectivity index (χ1v) is 5.40. The minimum Gasteiger partial charge on any atom is -0.508 e. The smallest absolute Gasteiger partial charge is 0.123 e. The fourth-order valence-corrected chi connectivity index (χ4v) is 1.18. The summed E-state index contributed by atoms with van der Waals surface area (Å²) < 4.78 is 10.5. The van der Waals surface area contributed by atoms with Crippen molar-refractivity contribution in [1.82, 2.24) is 0 Å². The van der Waals surface area contributed by atoms with Crippen molar-refractivity contribution < 1.29 is 19.7 Å². The topological polar surface area (TPSA) is 58.9 Å². The maximum absolute atomic E-state index is 9.49. The summed E-state index contributed by atoms with van der Waals surface area (Å²) in [5.41, 5.74) is 0. The molecule has 1 unspecified atom stereocenters. The van der Waals surface area contributed by atoms with E-state index in [2.05, 4.69) is 0 Å². The van der Waals surface area contributed by atoms with Gasteiger partial charge in [0.05, 0.1) is 6.61 Å². The average molecular weight is 226 g/mol. The zero-order chi connectivity index (χ0) is 11.8. The first kappa shape index (κ1) is 12.8. The highest BCUT2D eigenvalue weighted by atomic mass is 16.5. The monoisotopic (exact) mass is 226 g/mol. The number of ether oxygens (including phenoxy) is 2. The lowest BCUT2D eigenvalue weighted by Crippen LogP contribution is -2.23. The second-order valence-corrected chi connectivity index (χ2v) is 3.54. The van der Waals surface area contributed by atoms with Crippen molar-refractivity contribution in [2.75, 3.05) is 19.8 Å². The van der Waals surface area contributed by atoms with Crippen LogP contribution in [0.25, 0.3) is 0 Å². The molecule has 0 aliphatic rings. The van der Waals surface area contributed by atoms with Gasteiger partial charge in [0.25, 0.3) is 0 Å². The van der Waals surface area contributed by atoms with Crippen LogP contribution in [0.5, 0.6) is 11.5 Å². The van der Waals surface area contributed by atoms with E-state index in [0.29, 0.717) is 12.4 Å². The van der Waals surface area contributed by atoms with E-state index in [1.54, 1.807) is 18.2 Å². The molecule has 16 heavy (non-hydrogen) atoms. The summed E-state index contributed by atoms with van der Waals surface area (Å²) in [6.07, 6.45) is 0.286. The summed E-state index contributed by atoms with van der Waals surface area (Å²) in [4.78, 5) is 0. The maximum Gasteiger partial charge on any atom is 0.123 e. The molecule has 90 valence electrons. The molecular formula is C12H18O4. The molecule has 1 rings (SSSR count). The van der Waals surface area contributed by atoms with Crippen LogP contribution in [-0.4, -0.2) is 36.1 Å². The number of hydrogen-bond acceptors (Lipinski definition) is 4. The van der Waals surface area contributed by atoms with E-state index in [1.165, 1.54) is 6.07 Å². The molecule has 0 radical (unpaired) electrons. The Morgan fingerprint density at radius 3 is 2.81 bits per heavy atom. The molecule has 0 heterocycles. The Morgan fingerprint density at radius 1 is 1.31 bits per heavy atom. The zero-order valence-corrected chi connectivity index (χ0v) is 9.43. The second-order valence-electron chi connectivity index (χ2n) is 3.54. The van der Waals surface area contributed by atoms with E-state index in [-0.39, 0.29) is 19.0 Å². The predicted octanol–water partition coefficient (Wildman–Crippen LogP) is 1.56. The van der Waals surface area contributed by atoms with E-state index in [9.17, 15) is 10.2 Å². The van der Waals surface area contributed by atoms with Gasteiger partial charge in [-0.1, -0.05) is 13.0 Å². The summed E-state index contributed by atoms with van der Waals surface area (Å²) in [5, 5.41) is 18.7. The van der Waals surface area contributed by atoms with Crippen LogP contribution in [0, 0.1) is 0 Å². The normalized spacial score (nSPS) is 12.4. The third-order valence-corrected chi connectivity index (χ3v) is 1.92. The van der Waals surface area contributed by atoms with E-state index in [1.807, 2.05) is 6.92 Å². The van der Waals surface area contributed by atoms with Crippen LogP contribution in [0.15, 0.2) is 24.3 Å². The number of rotatable bonds is 7. The highest BCUT2D eigenvalue weighted by molar-refractivity contribution is 5.31. The number of aromatic hydroxyl groups is 1. The second kappa shape index (κ2) is 7.09. The Labute approximate surface area is 95.4 Å². The summed E-state index contributed by atoms with van der Waals surface area (Å²) in [6, 6.07) is 6.47. The van der Waals surface area contributed by atoms with E-state index >= 15 is 0 Å². The summed E-state index contributed by atoms with van der Waals surface area (Å²) >= 11 is 0. The first-order chi connectivity index (χ1) is 7.72. The molecule has 0 aliphatic carbocycles. The minimum absolute atomic E-state index is 0.147. The van der Waals surface area contributed by atoms with Crippen molar-refractivity contribution in [3.63, 3.8) is 0 Å². The van der Waals surface area contributed by atoms with E-state index in [4.69, 9.17) is 9.47 Å². The van der Waals surface area contributed by atoms with Crippen molar-refractivity contribution in [3.8, 4) is 11.5 Å². The van der Waals surface area contributed by atoms with Gasteiger partial charge < -0.3 is 19.7 Å². The number of hydrogen-bond donors (Lipinski definition) is 2. The zero-order valence-electron chi connectivity index (χ0n) is 9.43. The highest BCUT2D eigenvalue weighted by Crippen LogP contribution is 2.17. The van der Waals surface area contributed by atoms with Gasteiger partial charge in [0, 0.05) is 12.7 Å². The van der Waals surface area contributed by atoms with Crippen molar-refractivity contribution in [3.05, 3.63) is 24.3 Å². The molecule has 1 aromatic rings. The largest absolute Gasteiger partial charge is 0.508 e. The van der Waals surface area contributed by atoms with Crippen LogP contribution < -0.4 is 4.74 Å². The van der Waals surface area contributed by atoms with Crippen LogP contribution in [0.4, 0.5) is 0 Å². The SMILES string of the molecule is CCCOCC(O)COc1cccc(O)c1. The van der Waals surface area contributed by atoms with Crippen LogP contribution in [-0.2, 0) is 4.74 Å². The van der Waals surface area contributed by atoms with Crippen molar-refractivity contribution in [1.29, 1.82) is 0 Å². The molecule has 0 saturated carbocycles.